The number of carbonyl (C=O) groups excluding carboxylic acids is 2. The third-order valence-corrected chi connectivity index (χ3v) is 4.48. The summed E-state index contributed by atoms with van der Waals surface area (Å²) in [5.74, 6) is -0.591. The number of hydrogen-bond donors (Lipinski definition) is 2. The molecule has 0 aliphatic carbocycles. The Morgan fingerprint density at radius 3 is 2.24 bits per heavy atom. The first-order valence-corrected chi connectivity index (χ1v) is 8.61. The summed E-state index contributed by atoms with van der Waals surface area (Å²) in [5, 5.41) is 6.27. The normalized spacial score (nSPS) is 11.9. The van der Waals surface area contributed by atoms with E-state index >= 15 is 0 Å². The molecular weight excluding hydrogens is 336 g/mol. The molecule has 2 N–H and O–H groups in total. The number of rotatable bonds is 5. The largest absolute Gasteiger partial charge is 0.340 e. The molecule has 2 aromatic carbocycles. The molecule has 0 saturated heterocycles. The van der Waals surface area contributed by atoms with Crippen LogP contribution in [-0.2, 0) is 4.79 Å². The quantitative estimate of drug-likeness (QED) is 0.834. The van der Waals surface area contributed by atoms with Crippen molar-refractivity contribution in [3.63, 3.8) is 0 Å². The van der Waals surface area contributed by atoms with Gasteiger partial charge in [0.1, 0.15) is 6.04 Å². The van der Waals surface area contributed by atoms with Gasteiger partial charge in [0.05, 0.1) is 0 Å². The summed E-state index contributed by atoms with van der Waals surface area (Å²) in [7, 11) is 0. The van der Waals surface area contributed by atoms with E-state index in [-0.39, 0.29) is 17.7 Å². The summed E-state index contributed by atoms with van der Waals surface area (Å²) < 4.78 is 0. The monoisotopic (exact) mass is 358 g/mol. The lowest BCUT2D eigenvalue weighted by atomic mass is 10.0. The zero-order valence-corrected chi connectivity index (χ0v) is 15.6. The van der Waals surface area contributed by atoms with Crippen molar-refractivity contribution in [2.45, 2.75) is 33.7 Å². The number of nitrogens with one attached hydrogen (secondary N) is 2. The molecule has 132 valence electrons. The minimum Gasteiger partial charge on any atom is -0.340 e. The van der Waals surface area contributed by atoms with Crippen molar-refractivity contribution in [2.75, 3.05) is 5.32 Å². The topological polar surface area (TPSA) is 58.2 Å². The number of halogens is 1. The summed E-state index contributed by atoms with van der Waals surface area (Å²) in [6, 6.07) is 11.9. The molecule has 0 fully saturated rings. The Kier molecular flexibility index (Phi) is 6.21. The second kappa shape index (κ2) is 8.17. The molecule has 0 aliphatic heterocycles. The standard InChI is InChI=1S/C20H23ClN2O2/c1-12(2)18(23-19(24)15-10-8-13(3)9-11-15)20(25)22-17-7-5-6-16(21)14(17)4/h5-12,18H,1-4H3,(H,22,25)(H,23,24). The van der Waals surface area contributed by atoms with Crippen LogP contribution in [-0.4, -0.2) is 17.9 Å². The molecule has 1 unspecified atom stereocenters. The predicted molar refractivity (Wildman–Crippen MR) is 102 cm³/mol. The highest BCUT2D eigenvalue weighted by Crippen LogP contribution is 2.23. The molecule has 0 saturated carbocycles. The molecule has 0 spiro atoms. The fourth-order valence-corrected chi connectivity index (χ4v) is 2.59. The summed E-state index contributed by atoms with van der Waals surface area (Å²) in [4.78, 5) is 25.1. The van der Waals surface area contributed by atoms with Gasteiger partial charge in [0.15, 0.2) is 0 Å². The number of hydrogen-bond acceptors (Lipinski definition) is 2. The molecule has 0 radical (unpaired) electrons. The summed E-state index contributed by atoms with van der Waals surface area (Å²) in [6.45, 7) is 7.58. The first-order chi connectivity index (χ1) is 11.8. The Balaban J connectivity index is 2.14. The van der Waals surface area contributed by atoms with Gasteiger partial charge in [0.2, 0.25) is 5.91 Å². The molecule has 2 rings (SSSR count). The molecule has 0 heterocycles. The molecule has 5 heteroatoms. The van der Waals surface area contributed by atoms with Gasteiger partial charge in [-0.25, -0.2) is 0 Å². The maximum atomic E-state index is 12.7. The lowest BCUT2D eigenvalue weighted by molar-refractivity contribution is -0.118. The minimum absolute atomic E-state index is 0.0612. The van der Waals surface area contributed by atoms with Crippen molar-refractivity contribution < 1.29 is 9.59 Å². The van der Waals surface area contributed by atoms with E-state index in [0.717, 1.165) is 11.1 Å². The van der Waals surface area contributed by atoms with Crippen molar-refractivity contribution >= 4 is 29.1 Å². The van der Waals surface area contributed by atoms with E-state index in [1.165, 1.54) is 0 Å². The van der Waals surface area contributed by atoms with Gasteiger partial charge in [-0.1, -0.05) is 49.2 Å². The van der Waals surface area contributed by atoms with Crippen LogP contribution in [0.3, 0.4) is 0 Å². The van der Waals surface area contributed by atoms with Gasteiger partial charge in [-0.15, -0.1) is 0 Å². The van der Waals surface area contributed by atoms with Gasteiger partial charge in [0.25, 0.3) is 5.91 Å². The Morgan fingerprint density at radius 1 is 1.00 bits per heavy atom. The summed E-state index contributed by atoms with van der Waals surface area (Å²) in [6.07, 6.45) is 0. The van der Waals surface area contributed by atoms with Gasteiger partial charge >= 0.3 is 0 Å². The molecule has 0 bridgehead atoms. The van der Waals surface area contributed by atoms with Gasteiger partial charge in [0, 0.05) is 16.3 Å². The van der Waals surface area contributed by atoms with Crippen molar-refractivity contribution in [3.05, 3.63) is 64.2 Å². The van der Waals surface area contributed by atoms with Gasteiger partial charge < -0.3 is 10.6 Å². The number of anilines is 1. The van der Waals surface area contributed by atoms with Crippen molar-refractivity contribution in [1.29, 1.82) is 0 Å². The molecule has 4 nitrogen and oxygen atoms in total. The van der Waals surface area contributed by atoms with Crippen LogP contribution in [0.2, 0.25) is 5.02 Å². The van der Waals surface area contributed by atoms with Crippen LogP contribution in [0.25, 0.3) is 0 Å². The average Bonchev–Trinajstić information content (AvgIpc) is 2.56. The van der Waals surface area contributed by atoms with E-state index in [9.17, 15) is 9.59 Å². The Hall–Kier alpha value is -2.33. The maximum Gasteiger partial charge on any atom is 0.251 e. The van der Waals surface area contributed by atoms with Gasteiger partial charge in [-0.2, -0.15) is 0 Å². The van der Waals surface area contributed by atoms with Gasteiger partial charge in [-0.3, -0.25) is 9.59 Å². The van der Waals surface area contributed by atoms with Crippen molar-refractivity contribution in [2.24, 2.45) is 5.92 Å². The highest BCUT2D eigenvalue weighted by atomic mass is 35.5. The van der Waals surface area contributed by atoms with Crippen molar-refractivity contribution in [3.8, 4) is 0 Å². The van der Waals surface area contributed by atoms with E-state index in [4.69, 9.17) is 11.6 Å². The third-order valence-electron chi connectivity index (χ3n) is 4.08. The molecule has 1 atom stereocenters. The zero-order chi connectivity index (χ0) is 18.6. The molecule has 2 aromatic rings. The second-order valence-corrected chi connectivity index (χ2v) is 6.87. The van der Waals surface area contributed by atoms with Crippen LogP contribution in [0.4, 0.5) is 5.69 Å². The Labute approximate surface area is 153 Å². The highest BCUT2D eigenvalue weighted by Gasteiger charge is 2.25. The lowest BCUT2D eigenvalue weighted by Gasteiger charge is -2.22. The fraction of sp³-hybridized carbons (Fsp3) is 0.300. The van der Waals surface area contributed by atoms with Gasteiger partial charge in [-0.05, 0) is 49.6 Å². The number of carbonyl (C=O) groups is 2. The fourth-order valence-electron chi connectivity index (χ4n) is 2.42. The Morgan fingerprint density at radius 2 is 1.64 bits per heavy atom. The molecule has 0 aromatic heterocycles. The van der Waals surface area contributed by atoms with Crippen LogP contribution in [0, 0.1) is 19.8 Å². The highest BCUT2D eigenvalue weighted by molar-refractivity contribution is 6.31. The first-order valence-electron chi connectivity index (χ1n) is 8.23. The molecule has 0 aliphatic rings. The second-order valence-electron chi connectivity index (χ2n) is 6.46. The number of aryl methyl sites for hydroxylation is 1. The van der Waals surface area contributed by atoms with E-state index in [0.29, 0.717) is 16.3 Å². The third kappa shape index (κ3) is 4.83. The minimum atomic E-state index is -0.646. The summed E-state index contributed by atoms with van der Waals surface area (Å²) in [5.41, 5.74) is 3.05. The Bertz CT molecular complexity index is 770. The van der Waals surface area contributed by atoms with Crippen LogP contribution in [0.5, 0.6) is 0 Å². The SMILES string of the molecule is Cc1ccc(C(=O)NC(C(=O)Nc2cccc(Cl)c2C)C(C)C)cc1. The van der Waals surface area contributed by atoms with Crippen LogP contribution < -0.4 is 10.6 Å². The number of benzene rings is 2. The average molecular weight is 359 g/mol. The zero-order valence-electron chi connectivity index (χ0n) is 14.9. The molecule has 25 heavy (non-hydrogen) atoms. The van der Waals surface area contributed by atoms with Crippen molar-refractivity contribution in [1.82, 2.24) is 5.32 Å². The predicted octanol–water partition coefficient (Wildman–Crippen LogP) is 4.35. The van der Waals surface area contributed by atoms with E-state index in [2.05, 4.69) is 10.6 Å². The molecular formula is C20H23ClN2O2. The smallest absolute Gasteiger partial charge is 0.251 e. The van der Waals surface area contributed by atoms with Crippen LogP contribution in [0.1, 0.15) is 35.3 Å². The lowest BCUT2D eigenvalue weighted by Crippen LogP contribution is -2.47. The van der Waals surface area contributed by atoms with E-state index in [1.54, 1.807) is 30.3 Å². The van der Waals surface area contributed by atoms with Crippen LogP contribution >= 0.6 is 11.6 Å². The molecule has 2 amide bonds. The van der Waals surface area contributed by atoms with E-state index < -0.39 is 6.04 Å². The summed E-state index contributed by atoms with van der Waals surface area (Å²) >= 11 is 6.10. The first kappa shape index (κ1) is 19.0. The maximum absolute atomic E-state index is 12.7. The number of amides is 2. The van der Waals surface area contributed by atoms with Crippen LogP contribution in [0.15, 0.2) is 42.5 Å². The van der Waals surface area contributed by atoms with E-state index in [1.807, 2.05) is 39.8 Å².